The number of ether oxygens (including phenoxy) is 2. The molecule has 1 amide bonds. The quantitative estimate of drug-likeness (QED) is 0.552. The van der Waals surface area contributed by atoms with Crippen LogP contribution in [-0.4, -0.2) is 56.5 Å². The summed E-state index contributed by atoms with van der Waals surface area (Å²) in [4.78, 5) is 25.7. The van der Waals surface area contributed by atoms with Gasteiger partial charge in [-0.3, -0.25) is 13.8 Å². The lowest BCUT2D eigenvalue weighted by molar-refractivity contribution is -0.130. The van der Waals surface area contributed by atoms with Crippen LogP contribution < -0.4 is 19.8 Å². The fourth-order valence-corrected chi connectivity index (χ4v) is 4.15. The Kier molecular flexibility index (Phi) is 8.65. The van der Waals surface area contributed by atoms with Crippen molar-refractivity contribution in [1.29, 1.82) is 0 Å². The van der Waals surface area contributed by atoms with Gasteiger partial charge in [0.15, 0.2) is 0 Å². The fraction of sp³-hybridized carbons (Fsp3) is 0.478. The van der Waals surface area contributed by atoms with E-state index in [1.807, 2.05) is 30.0 Å². The topological polar surface area (TPSA) is 113 Å². The van der Waals surface area contributed by atoms with Crippen molar-refractivity contribution in [2.75, 3.05) is 26.2 Å². The number of aromatic nitrogens is 1. The van der Waals surface area contributed by atoms with Gasteiger partial charge in [-0.25, -0.2) is 4.72 Å². The van der Waals surface area contributed by atoms with Crippen molar-refractivity contribution in [2.24, 2.45) is 7.05 Å². The number of pyridine rings is 1. The fourth-order valence-electron chi connectivity index (χ4n) is 3.88. The van der Waals surface area contributed by atoms with Gasteiger partial charge in [-0.15, -0.1) is 0 Å². The van der Waals surface area contributed by atoms with Crippen molar-refractivity contribution in [2.45, 2.75) is 39.2 Å². The van der Waals surface area contributed by atoms with Gasteiger partial charge in [-0.2, -0.15) is 0 Å². The van der Waals surface area contributed by atoms with Crippen LogP contribution in [0.2, 0.25) is 0 Å². The van der Waals surface area contributed by atoms with Crippen molar-refractivity contribution in [3.05, 3.63) is 46.4 Å². The minimum Gasteiger partial charge on any atom is -0.760 e. The second-order valence-electron chi connectivity index (χ2n) is 7.97. The maximum atomic E-state index is 12.2. The second-order valence-corrected chi connectivity index (χ2v) is 8.72. The van der Waals surface area contributed by atoms with E-state index in [0.29, 0.717) is 37.6 Å². The van der Waals surface area contributed by atoms with Gasteiger partial charge in [0.1, 0.15) is 17.6 Å². The van der Waals surface area contributed by atoms with Gasteiger partial charge >= 0.3 is 0 Å². The normalized spacial score (nSPS) is 15.3. The molecule has 0 radical (unpaired) electrons. The van der Waals surface area contributed by atoms with Crippen molar-refractivity contribution in [3.8, 4) is 22.6 Å². The number of amides is 1. The Hall–Kier alpha value is -2.69. The van der Waals surface area contributed by atoms with Gasteiger partial charge in [-0.1, -0.05) is 6.07 Å². The third kappa shape index (κ3) is 6.66. The smallest absolute Gasteiger partial charge is 0.254 e. The standard InChI is InChI=1S/C23H31N3O6S/c1-4-31-22-14-23(28)25(3)15-20(22)19-13-17(7-10-24-33(29)30)5-6-21(19)32-18-8-11-26(12-9-18)16(2)27/h5-6,13-15,18,24H,4,7-12H2,1-3H3,(H,29,30)/p-1. The summed E-state index contributed by atoms with van der Waals surface area (Å²) >= 11 is -2.32. The predicted octanol–water partition coefficient (Wildman–Crippen LogP) is 1.77. The zero-order chi connectivity index (χ0) is 24.0. The molecule has 1 atom stereocenters. The molecule has 1 unspecified atom stereocenters. The lowest BCUT2D eigenvalue weighted by atomic mass is 10.00. The number of benzene rings is 1. The Labute approximate surface area is 196 Å². The Morgan fingerprint density at radius 2 is 1.94 bits per heavy atom. The highest BCUT2D eigenvalue weighted by Gasteiger charge is 2.24. The molecule has 0 aliphatic carbocycles. The molecule has 1 aromatic carbocycles. The number of nitrogens with zero attached hydrogens (tertiary/aromatic N) is 2. The first kappa shape index (κ1) is 24.9. The van der Waals surface area contributed by atoms with Crippen LogP contribution in [0, 0.1) is 0 Å². The number of rotatable bonds is 9. The molecular formula is C23H30N3O6S-. The van der Waals surface area contributed by atoms with Crippen molar-refractivity contribution < 1.29 is 23.0 Å². The van der Waals surface area contributed by atoms with Gasteiger partial charge in [0.25, 0.3) is 5.56 Å². The highest BCUT2D eigenvalue weighted by Crippen LogP contribution is 2.37. The zero-order valence-corrected chi connectivity index (χ0v) is 20.0. The molecule has 9 nitrogen and oxygen atoms in total. The molecule has 1 fully saturated rings. The third-order valence-electron chi connectivity index (χ3n) is 5.64. The third-order valence-corrected chi connectivity index (χ3v) is 6.08. The van der Waals surface area contributed by atoms with E-state index < -0.39 is 11.3 Å². The maximum Gasteiger partial charge on any atom is 0.254 e. The Bertz CT molecular complexity index is 1060. The minimum atomic E-state index is -2.32. The first-order valence-electron chi connectivity index (χ1n) is 11.0. The molecule has 2 aromatic rings. The van der Waals surface area contributed by atoms with Gasteiger partial charge in [-0.05, 0) is 31.0 Å². The van der Waals surface area contributed by atoms with E-state index in [4.69, 9.17) is 9.47 Å². The van der Waals surface area contributed by atoms with Crippen molar-refractivity contribution in [1.82, 2.24) is 14.2 Å². The highest BCUT2D eigenvalue weighted by molar-refractivity contribution is 7.77. The predicted molar refractivity (Wildman–Crippen MR) is 125 cm³/mol. The van der Waals surface area contributed by atoms with Crippen LogP contribution in [0.3, 0.4) is 0 Å². The van der Waals surface area contributed by atoms with E-state index in [2.05, 4.69) is 4.72 Å². The number of carbonyl (C=O) groups is 1. The summed E-state index contributed by atoms with van der Waals surface area (Å²) in [6.45, 7) is 5.39. The largest absolute Gasteiger partial charge is 0.760 e. The molecule has 1 aliphatic heterocycles. The highest BCUT2D eigenvalue weighted by atomic mass is 32.2. The Morgan fingerprint density at radius 1 is 1.21 bits per heavy atom. The first-order chi connectivity index (χ1) is 15.8. The number of hydrogen-bond acceptors (Lipinski definition) is 6. The number of nitrogens with one attached hydrogen (secondary N) is 1. The van der Waals surface area contributed by atoms with Crippen LogP contribution in [0.1, 0.15) is 32.3 Å². The first-order valence-corrected chi connectivity index (χ1v) is 12.1. The van der Waals surface area contributed by atoms with Gasteiger partial charge < -0.3 is 23.5 Å². The average Bonchev–Trinajstić information content (AvgIpc) is 2.77. The second kappa shape index (κ2) is 11.4. The van der Waals surface area contributed by atoms with E-state index in [-0.39, 0.29) is 24.1 Å². The SMILES string of the molecule is CCOc1cc(=O)n(C)cc1-c1cc(CCNS(=O)[O-])ccc1OC1CCN(C(C)=O)CC1. The Morgan fingerprint density at radius 3 is 2.58 bits per heavy atom. The van der Waals surface area contributed by atoms with Crippen LogP contribution in [0.15, 0.2) is 35.3 Å². The van der Waals surface area contributed by atoms with E-state index in [9.17, 15) is 18.4 Å². The molecule has 0 bridgehead atoms. The summed E-state index contributed by atoms with van der Waals surface area (Å²) in [6, 6.07) is 7.18. The summed E-state index contributed by atoms with van der Waals surface area (Å²) < 4.78 is 37.6. The molecule has 1 aromatic heterocycles. The molecule has 3 rings (SSSR count). The van der Waals surface area contributed by atoms with E-state index in [0.717, 1.165) is 29.5 Å². The van der Waals surface area contributed by atoms with Crippen LogP contribution in [0.25, 0.3) is 11.1 Å². The molecule has 1 saturated heterocycles. The summed E-state index contributed by atoms with van der Waals surface area (Å²) in [6.07, 6.45) is 3.63. The molecule has 0 spiro atoms. The van der Waals surface area contributed by atoms with E-state index in [1.54, 1.807) is 20.2 Å². The molecule has 1 N–H and O–H groups in total. The number of likely N-dealkylation sites (tertiary alicyclic amines) is 1. The molecule has 1 aliphatic rings. The Balaban J connectivity index is 1.95. The summed E-state index contributed by atoms with van der Waals surface area (Å²) in [7, 11) is 1.68. The molecule has 33 heavy (non-hydrogen) atoms. The van der Waals surface area contributed by atoms with Gasteiger partial charge in [0.2, 0.25) is 5.91 Å². The van der Waals surface area contributed by atoms with Crippen molar-refractivity contribution >= 4 is 17.2 Å². The molecule has 0 saturated carbocycles. The average molecular weight is 477 g/mol. The minimum absolute atomic E-state index is 0.0437. The summed E-state index contributed by atoms with van der Waals surface area (Å²) in [5.41, 5.74) is 2.22. The summed E-state index contributed by atoms with van der Waals surface area (Å²) in [5, 5.41) is 0. The van der Waals surface area contributed by atoms with Crippen LogP contribution in [0.5, 0.6) is 11.5 Å². The number of carbonyl (C=O) groups excluding carboxylic acids is 1. The number of hydrogen-bond donors (Lipinski definition) is 1. The maximum absolute atomic E-state index is 12.2. The van der Waals surface area contributed by atoms with Gasteiger partial charge in [0.05, 0.1) is 6.61 Å². The molecular weight excluding hydrogens is 446 g/mol. The van der Waals surface area contributed by atoms with Crippen LogP contribution in [-0.2, 0) is 29.5 Å². The lowest BCUT2D eigenvalue weighted by Crippen LogP contribution is -2.40. The van der Waals surface area contributed by atoms with E-state index >= 15 is 0 Å². The van der Waals surface area contributed by atoms with Crippen LogP contribution >= 0.6 is 0 Å². The van der Waals surface area contributed by atoms with Gasteiger partial charge in [0, 0.05) is 81.1 Å². The van der Waals surface area contributed by atoms with Crippen LogP contribution in [0.4, 0.5) is 0 Å². The molecule has 10 heteroatoms. The van der Waals surface area contributed by atoms with Crippen molar-refractivity contribution in [3.63, 3.8) is 0 Å². The zero-order valence-electron chi connectivity index (χ0n) is 19.2. The lowest BCUT2D eigenvalue weighted by Gasteiger charge is -2.32. The monoisotopic (exact) mass is 476 g/mol. The molecule has 2 heterocycles. The number of piperidine rings is 1. The number of aryl methyl sites for hydroxylation is 1. The molecule has 180 valence electrons. The van der Waals surface area contributed by atoms with E-state index in [1.165, 1.54) is 10.6 Å². The summed E-state index contributed by atoms with van der Waals surface area (Å²) in [5.74, 6) is 1.19.